The zero-order valence-electron chi connectivity index (χ0n) is 6.91. The van der Waals surface area contributed by atoms with E-state index < -0.39 is 7.12 Å². The number of allylic oxidation sites excluding steroid dienone is 4. The van der Waals surface area contributed by atoms with Crippen LogP contribution in [0.1, 0.15) is 6.92 Å². The van der Waals surface area contributed by atoms with Crippen LogP contribution in [0.2, 0.25) is 0 Å². The maximum Gasteiger partial charge on any atom is 0.488 e. The van der Waals surface area contributed by atoms with Gasteiger partial charge in [0.15, 0.2) is 0 Å². The summed E-state index contributed by atoms with van der Waals surface area (Å²) in [6.45, 7) is 8.41. The first kappa shape index (κ1) is 10.7. The van der Waals surface area contributed by atoms with Crippen LogP contribution < -0.4 is 0 Å². The molecule has 0 aromatic heterocycles. The Labute approximate surface area is 72.1 Å². The normalized spacial score (nSPS) is 11.2. The maximum absolute atomic E-state index is 8.80. The van der Waals surface area contributed by atoms with Crippen LogP contribution in [0.5, 0.6) is 0 Å². The van der Waals surface area contributed by atoms with Gasteiger partial charge in [-0.2, -0.15) is 5.26 Å². The largest absolute Gasteiger partial charge is 0.488 e. The number of rotatable bonds is 3. The Morgan fingerprint density at radius 2 is 2.08 bits per heavy atom. The maximum atomic E-state index is 8.80. The Bertz CT molecular complexity index is 273. The molecular formula is C8H10BNO2. The summed E-state index contributed by atoms with van der Waals surface area (Å²) in [4.78, 5) is 0. The van der Waals surface area contributed by atoms with Crippen molar-refractivity contribution in [3.63, 3.8) is 0 Å². The zero-order chi connectivity index (χ0) is 9.72. The fourth-order valence-electron chi connectivity index (χ4n) is 0.710. The van der Waals surface area contributed by atoms with Crippen LogP contribution in [0.25, 0.3) is 0 Å². The summed E-state index contributed by atoms with van der Waals surface area (Å²) in [6.07, 6.45) is 1.29. The van der Waals surface area contributed by atoms with Crippen LogP contribution >= 0.6 is 0 Å². The third kappa shape index (κ3) is 2.38. The molecule has 2 N–H and O–H groups in total. The molecule has 0 bridgehead atoms. The third-order valence-corrected chi connectivity index (χ3v) is 1.52. The molecule has 62 valence electrons. The number of nitrogens with zero attached hydrogens (tertiary/aromatic N) is 1. The lowest BCUT2D eigenvalue weighted by atomic mass is 9.75. The van der Waals surface area contributed by atoms with Crippen molar-refractivity contribution in [1.29, 1.82) is 5.26 Å². The molecule has 4 heteroatoms. The summed E-state index contributed by atoms with van der Waals surface area (Å²) < 4.78 is 0. The van der Waals surface area contributed by atoms with Gasteiger partial charge in [-0.05, 0) is 18.0 Å². The minimum absolute atomic E-state index is 0.206. The van der Waals surface area contributed by atoms with Gasteiger partial charge in [0.25, 0.3) is 0 Å². The molecule has 0 aromatic carbocycles. The molecule has 0 unspecified atom stereocenters. The molecule has 0 aliphatic rings. The molecule has 0 aliphatic heterocycles. The Morgan fingerprint density at radius 1 is 1.58 bits per heavy atom. The van der Waals surface area contributed by atoms with Crippen molar-refractivity contribution in [3.05, 3.63) is 35.9 Å². The van der Waals surface area contributed by atoms with Crippen molar-refractivity contribution in [3.8, 4) is 6.07 Å². The summed E-state index contributed by atoms with van der Waals surface area (Å²) in [5.41, 5.74) is 0.863. The van der Waals surface area contributed by atoms with Gasteiger partial charge < -0.3 is 10.0 Å². The molecule has 0 aromatic rings. The Balaban J connectivity index is 5.00. The zero-order valence-corrected chi connectivity index (χ0v) is 6.91. The van der Waals surface area contributed by atoms with Crippen LogP contribution in [0.4, 0.5) is 0 Å². The lowest BCUT2D eigenvalue weighted by molar-refractivity contribution is 0.420. The molecule has 0 fully saturated rings. The lowest BCUT2D eigenvalue weighted by Crippen LogP contribution is -2.15. The number of hydrogen-bond donors (Lipinski definition) is 2. The molecule has 0 rings (SSSR count). The van der Waals surface area contributed by atoms with E-state index in [0.29, 0.717) is 5.57 Å². The molecule has 0 saturated heterocycles. The van der Waals surface area contributed by atoms with Crippen molar-refractivity contribution in [2.45, 2.75) is 6.92 Å². The predicted octanol–water partition coefficient (Wildman–Crippen LogP) is 0.581. The van der Waals surface area contributed by atoms with E-state index in [1.807, 2.05) is 6.07 Å². The minimum Gasteiger partial charge on any atom is -0.423 e. The molecule has 3 nitrogen and oxygen atoms in total. The van der Waals surface area contributed by atoms with Crippen molar-refractivity contribution >= 4 is 7.12 Å². The number of hydrogen-bond acceptors (Lipinski definition) is 3. The first-order chi connectivity index (χ1) is 5.54. The van der Waals surface area contributed by atoms with Gasteiger partial charge in [0.1, 0.15) is 0 Å². The van der Waals surface area contributed by atoms with Gasteiger partial charge >= 0.3 is 7.12 Å². The molecule has 0 heterocycles. The Morgan fingerprint density at radius 3 is 2.33 bits per heavy atom. The highest BCUT2D eigenvalue weighted by molar-refractivity contribution is 6.52. The predicted molar refractivity (Wildman–Crippen MR) is 47.8 cm³/mol. The van der Waals surface area contributed by atoms with E-state index in [4.69, 9.17) is 15.3 Å². The van der Waals surface area contributed by atoms with Gasteiger partial charge in [0, 0.05) is 5.57 Å². The smallest absolute Gasteiger partial charge is 0.423 e. The fraction of sp³-hybridized carbons (Fsp3) is 0.125. The van der Waals surface area contributed by atoms with Crippen molar-refractivity contribution < 1.29 is 10.0 Å². The Hall–Kier alpha value is -1.31. The van der Waals surface area contributed by atoms with E-state index >= 15 is 0 Å². The van der Waals surface area contributed by atoms with Gasteiger partial charge in [-0.15, -0.1) is 0 Å². The second kappa shape index (κ2) is 4.55. The van der Waals surface area contributed by atoms with Gasteiger partial charge in [-0.25, -0.2) is 0 Å². The molecule has 0 amide bonds. The van der Waals surface area contributed by atoms with E-state index in [1.54, 1.807) is 6.92 Å². The minimum atomic E-state index is -1.60. The van der Waals surface area contributed by atoms with E-state index in [-0.39, 0.29) is 11.0 Å². The highest BCUT2D eigenvalue weighted by Crippen LogP contribution is 2.13. The second-order valence-corrected chi connectivity index (χ2v) is 2.25. The topological polar surface area (TPSA) is 64.2 Å². The van der Waals surface area contributed by atoms with Crippen LogP contribution in [0.15, 0.2) is 35.9 Å². The van der Waals surface area contributed by atoms with Crippen molar-refractivity contribution in [1.82, 2.24) is 0 Å². The molecule has 0 saturated carbocycles. The summed E-state index contributed by atoms with van der Waals surface area (Å²) in [7, 11) is -1.60. The molecule has 12 heavy (non-hydrogen) atoms. The SMILES string of the molecule is C=C/C(B(O)O)=C(/C)C(=C)C#N. The van der Waals surface area contributed by atoms with Crippen LogP contribution in [0, 0.1) is 11.3 Å². The van der Waals surface area contributed by atoms with Crippen molar-refractivity contribution in [2.75, 3.05) is 0 Å². The highest BCUT2D eigenvalue weighted by Gasteiger charge is 2.15. The Kier molecular flexibility index (Phi) is 4.05. The quantitative estimate of drug-likeness (QED) is 0.363. The molecule has 0 atom stereocenters. The van der Waals surface area contributed by atoms with Crippen LogP contribution in [-0.4, -0.2) is 17.2 Å². The molecular weight excluding hydrogens is 153 g/mol. The van der Waals surface area contributed by atoms with Gasteiger partial charge in [-0.1, -0.05) is 19.2 Å². The lowest BCUT2D eigenvalue weighted by Gasteiger charge is -2.04. The molecule has 0 spiro atoms. The first-order valence-electron chi connectivity index (χ1n) is 3.33. The van der Waals surface area contributed by atoms with E-state index in [1.165, 1.54) is 6.08 Å². The second-order valence-electron chi connectivity index (χ2n) is 2.25. The fourth-order valence-corrected chi connectivity index (χ4v) is 0.710. The summed E-state index contributed by atoms with van der Waals surface area (Å²) in [6, 6.07) is 1.81. The van der Waals surface area contributed by atoms with Gasteiger partial charge in [-0.3, -0.25) is 0 Å². The van der Waals surface area contributed by atoms with E-state index in [2.05, 4.69) is 13.2 Å². The summed E-state index contributed by atoms with van der Waals surface area (Å²) in [5, 5.41) is 26.1. The van der Waals surface area contributed by atoms with Gasteiger partial charge in [0.05, 0.1) is 6.07 Å². The average Bonchev–Trinajstić information content (AvgIpc) is 2.03. The van der Waals surface area contributed by atoms with Gasteiger partial charge in [0.2, 0.25) is 0 Å². The van der Waals surface area contributed by atoms with Crippen LogP contribution in [0.3, 0.4) is 0 Å². The van der Waals surface area contributed by atoms with E-state index in [0.717, 1.165) is 0 Å². The summed E-state index contributed by atoms with van der Waals surface area (Å²) >= 11 is 0. The van der Waals surface area contributed by atoms with E-state index in [9.17, 15) is 0 Å². The molecule has 0 aliphatic carbocycles. The number of nitriles is 1. The van der Waals surface area contributed by atoms with Crippen LogP contribution in [-0.2, 0) is 0 Å². The highest BCUT2D eigenvalue weighted by atomic mass is 16.4. The molecule has 0 radical (unpaired) electrons. The monoisotopic (exact) mass is 163 g/mol. The third-order valence-electron chi connectivity index (χ3n) is 1.52. The summed E-state index contributed by atoms with van der Waals surface area (Å²) in [5.74, 6) is 0. The van der Waals surface area contributed by atoms with Crippen molar-refractivity contribution in [2.24, 2.45) is 0 Å². The standard InChI is InChI=1S/C8H10BNO2/c1-4-8(9(11)12)7(3)6(2)5-10/h4,11-12H,1-2H2,3H3/b8-7+. The average molecular weight is 163 g/mol. The first-order valence-corrected chi connectivity index (χ1v) is 3.33.